The van der Waals surface area contributed by atoms with Crippen molar-refractivity contribution in [2.45, 2.75) is 33.5 Å². The van der Waals surface area contributed by atoms with E-state index in [-0.39, 0.29) is 0 Å². The summed E-state index contributed by atoms with van der Waals surface area (Å²) in [6.07, 6.45) is 1.64. The third-order valence-corrected chi connectivity index (χ3v) is 5.30. The Labute approximate surface area is 169 Å². The Balaban J connectivity index is 1.78. The van der Waals surface area contributed by atoms with Gasteiger partial charge in [-0.25, -0.2) is 4.79 Å². The molecule has 5 nitrogen and oxygen atoms in total. The van der Waals surface area contributed by atoms with Gasteiger partial charge >= 0.3 is 5.97 Å². The van der Waals surface area contributed by atoms with Crippen molar-refractivity contribution in [2.24, 2.45) is 0 Å². The van der Waals surface area contributed by atoms with Crippen LogP contribution in [-0.4, -0.2) is 15.6 Å². The zero-order valence-electron chi connectivity index (χ0n) is 16.6. The SMILES string of the molecule is Cc1ccc2c(CNCc3ccco3)c(C(=O)O)n(Cc3ccccc3C)c2c1. The molecule has 2 aromatic heterocycles. The van der Waals surface area contributed by atoms with E-state index < -0.39 is 5.97 Å². The van der Waals surface area contributed by atoms with Gasteiger partial charge in [-0.2, -0.15) is 0 Å². The zero-order chi connectivity index (χ0) is 20.4. The van der Waals surface area contributed by atoms with Crippen molar-refractivity contribution in [3.63, 3.8) is 0 Å². The van der Waals surface area contributed by atoms with Gasteiger partial charge in [-0.3, -0.25) is 0 Å². The van der Waals surface area contributed by atoms with Crippen LogP contribution in [0.1, 0.15) is 38.5 Å². The van der Waals surface area contributed by atoms with E-state index in [4.69, 9.17) is 4.42 Å². The van der Waals surface area contributed by atoms with Gasteiger partial charge in [0.05, 0.1) is 12.8 Å². The highest BCUT2D eigenvalue weighted by Crippen LogP contribution is 2.29. The molecule has 0 spiro atoms. The Kier molecular flexibility index (Phi) is 5.23. The fourth-order valence-corrected chi connectivity index (χ4v) is 3.80. The van der Waals surface area contributed by atoms with E-state index >= 15 is 0 Å². The summed E-state index contributed by atoms with van der Waals surface area (Å²) < 4.78 is 7.29. The number of rotatable bonds is 7. The van der Waals surface area contributed by atoms with Gasteiger partial charge in [0.1, 0.15) is 11.5 Å². The predicted molar refractivity (Wildman–Crippen MR) is 113 cm³/mol. The van der Waals surface area contributed by atoms with Gasteiger partial charge in [-0.1, -0.05) is 36.4 Å². The first-order valence-electron chi connectivity index (χ1n) is 9.67. The van der Waals surface area contributed by atoms with E-state index in [0.717, 1.165) is 38.9 Å². The summed E-state index contributed by atoms with van der Waals surface area (Å²) >= 11 is 0. The van der Waals surface area contributed by atoms with E-state index in [9.17, 15) is 9.90 Å². The molecule has 0 saturated heterocycles. The number of aromatic carboxylic acids is 1. The summed E-state index contributed by atoms with van der Waals surface area (Å²) in [6.45, 7) is 5.59. The van der Waals surface area contributed by atoms with E-state index in [1.165, 1.54) is 0 Å². The van der Waals surface area contributed by atoms with Crippen LogP contribution in [0.4, 0.5) is 0 Å². The van der Waals surface area contributed by atoms with E-state index in [1.54, 1.807) is 6.26 Å². The van der Waals surface area contributed by atoms with Crippen molar-refractivity contribution in [3.05, 3.63) is 94.6 Å². The van der Waals surface area contributed by atoms with Gasteiger partial charge in [0.2, 0.25) is 0 Å². The number of fused-ring (bicyclic) bond motifs is 1. The van der Waals surface area contributed by atoms with Crippen LogP contribution in [0.25, 0.3) is 10.9 Å². The van der Waals surface area contributed by atoms with Crippen LogP contribution in [0, 0.1) is 13.8 Å². The molecule has 0 bridgehead atoms. The normalized spacial score (nSPS) is 11.2. The number of benzene rings is 2. The maximum Gasteiger partial charge on any atom is 0.352 e. The second-order valence-electron chi connectivity index (χ2n) is 7.35. The molecule has 0 amide bonds. The minimum Gasteiger partial charge on any atom is -0.477 e. The molecule has 0 unspecified atom stereocenters. The Hall–Kier alpha value is -3.31. The van der Waals surface area contributed by atoms with Crippen LogP contribution >= 0.6 is 0 Å². The van der Waals surface area contributed by atoms with Crippen molar-refractivity contribution in [1.29, 1.82) is 0 Å². The van der Waals surface area contributed by atoms with Gasteiger partial charge in [-0.05, 0) is 48.7 Å². The third-order valence-electron chi connectivity index (χ3n) is 5.30. The van der Waals surface area contributed by atoms with E-state index in [0.29, 0.717) is 25.3 Å². The number of aromatic nitrogens is 1. The van der Waals surface area contributed by atoms with Gasteiger partial charge in [0, 0.05) is 29.6 Å². The molecule has 148 valence electrons. The largest absolute Gasteiger partial charge is 0.477 e. The Morgan fingerprint density at radius 3 is 2.62 bits per heavy atom. The minimum atomic E-state index is -0.915. The molecule has 4 aromatic rings. The number of nitrogens with one attached hydrogen (secondary N) is 1. The summed E-state index contributed by atoms with van der Waals surface area (Å²) in [6, 6.07) is 18.0. The van der Waals surface area contributed by atoms with Crippen LogP contribution in [0.3, 0.4) is 0 Å². The molecule has 5 heteroatoms. The Morgan fingerprint density at radius 1 is 1.07 bits per heavy atom. The topological polar surface area (TPSA) is 67.4 Å². The van der Waals surface area contributed by atoms with Gasteiger partial charge < -0.3 is 19.4 Å². The molecule has 2 heterocycles. The summed E-state index contributed by atoms with van der Waals surface area (Å²) in [4.78, 5) is 12.3. The summed E-state index contributed by atoms with van der Waals surface area (Å²) in [5, 5.41) is 14.4. The van der Waals surface area contributed by atoms with E-state index in [2.05, 4.69) is 30.4 Å². The van der Waals surface area contributed by atoms with Crippen LogP contribution in [0.2, 0.25) is 0 Å². The number of hydrogen-bond acceptors (Lipinski definition) is 3. The van der Waals surface area contributed by atoms with Crippen molar-refractivity contribution in [1.82, 2.24) is 9.88 Å². The highest BCUT2D eigenvalue weighted by atomic mass is 16.4. The standard InChI is InChI=1S/C24H24N2O3/c1-16-9-10-20-21(14-25-13-19-8-5-11-29-19)23(24(27)28)26(22(20)12-16)15-18-7-4-3-6-17(18)2/h3-12,25H,13-15H2,1-2H3,(H,27,28). The highest BCUT2D eigenvalue weighted by Gasteiger charge is 2.22. The molecule has 0 aliphatic rings. The fourth-order valence-electron chi connectivity index (χ4n) is 3.80. The first-order valence-corrected chi connectivity index (χ1v) is 9.67. The molecular formula is C24H24N2O3. The van der Waals surface area contributed by atoms with Crippen LogP contribution in [0.15, 0.2) is 65.3 Å². The average Bonchev–Trinajstić information content (AvgIpc) is 3.30. The number of furan rings is 1. The molecule has 29 heavy (non-hydrogen) atoms. The Morgan fingerprint density at radius 2 is 1.90 bits per heavy atom. The molecule has 2 N–H and O–H groups in total. The van der Waals surface area contributed by atoms with Crippen molar-refractivity contribution in [2.75, 3.05) is 0 Å². The maximum atomic E-state index is 12.3. The van der Waals surface area contributed by atoms with Crippen molar-refractivity contribution in [3.8, 4) is 0 Å². The molecule has 0 aliphatic heterocycles. The number of aryl methyl sites for hydroxylation is 2. The lowest BCUT2D eigenvalue weighted by atomic mass is 10.1. The minimum absolute atomic E-state index is 0.334. The molecule has 4 rings (SSSR count). The van der Waals surface area contributed by atoms with Crippen LogP contribution in [-0.2, 0) is 19.6 Å². The molecular weight excluding hydrogens is 364 g/mol. The maximum absolute atomic E-state index is 12.3. The lowest BCUT2D eigenvalue weighted by Crippen LogP contribution is -2.17. The second-order valence-corrected chi connectivity index (χ2v) is 7.35. The third kappa shape index (κ3) is 3.82. The first kappa shape index (κ1) is 19.0. The molecule has 0 saturated carbocycles. The molecule has 2 aromatic carbocycles. The zero-order valence-corrected chi connectivity index (χ0v) is 16.6. The Bertz CT molecular complexity index is 1160. The van der Waals surface area contributed by atoms with Crippen LogP contribution < -0.4 is 5.32 Å². The smallest absolute Gasteiger partial charge is 0.352 e. The monoisotopic (exact) mass is 388 g/mol. The summed E-state index contributed by atoms with van der Waals surface area (Å²) in [5.74, 6) is -0.0939. The fraction of sp³-hybridized carbons (Fsp3) is 0.208. The number of carboxylic acid groups (broad SMARTS) is 1. The first-order chi connectivity index (χ1) is 14.0. The molecule has 0 atom stereocenters. The summed E-state index contributed by atoms with van der Waals surface area (Å²) in [5.41, 5.74) is 5.45. The number of carboxylic acids is 1. The van der Waals surface area contributed by atoms with E-state index in [1.807, 2.05) is 47.9 Å². The quantitative estimate of drug-likeness (QED) is 0.473. The lowest BCUT2D eigenvalue weighted by Gasteiger charge is -2.12. The van der Waals surface area contributed by atoms with Crippen molar-refractivity contribution >= 4 is 16.9 Å². The highest BCUT2D eigenvalue weighted by molar-refractivity contribution is 5.98. The van der Waals surface area contributed by atoms with Gasteiger partial charge in [-0.15, -0.1) is 0 Å². The predicted octanol–water partition coefficient (Wildman–Crippen LogP) is 4.89. The number of nitrogens with zero attached hydrogens (tertiary/aromatic N) is 1. The molecule has 0 fully saturated rings. The van der Waals surface area contributed by atoms with Crippen LogP contribution in [0.5, 0.6) is 0 Å². The molecule has 0 radical (unpaired) electrons. The van der Waals surface area contributed by atoms with Crippen molar-refractivity contribution < 1.29 is 14.3 Å². The second kappa shape index (κ2) is 7.97. The number of carbonyl (C=O) groups is 1. The average molecular weight is 388 g/mol. The lowest BCUT2D eigenvalue weighted by molar-refractivity contribution is 0.0684. The number of hydrogen-bond donors (Lipinski definition) is 2. The summed E-state index contributed by atoms with van der Waals surface area (Å²) in [7, 11) is 0. The van der Waals surface area contributed by atoms with Gasteiger partial charge in [0.15, 0.2) is 0 Å². The molecule has 0 aliphatic carbocycles. The van der Waals surface area contributed by atoms with Gasteiger partial charge in [0.25, 0.3) is 0 Å².